The minimum atomic E-state index is 0.696. The zero-order valence-electron chi connectivity index (χ0n) is 13.4. The summed E-state index contributed by atoms with van der Waals surface area (Å²) in [5.74, 6) is 0. The molecule has 0 saturated carbocycles. The normalized spacial score (nSPS) is 16.7. The first-order valence-corrected chi connectivity index (χ1v) is 8.80. The van der Waals surface area contributed by atoms with Crippen molar-refractivity contribution in [2.45, 2.75) is 20.0 Å². The summed E-state index contributed by atoms with van der Waals surface area (Å²) in [6, 6.07) is 14.6. The number of benzene rings is 2. The highest BCUT2D eigenvalue weighted by molar-refractivity contribution is 6.35. The Hall–Kier alpha value is -1.06. The Balaban J connectivity index is 1.52. The van der Waals surface area contributed by atoms with Crippen molar-refractivity contribution in [3.8, 4) is 0 Å². The lowest BCUT2D eigenvalue weighted by Crippen LogP contribution is -2.45. The van der Waals surface area contributed by atoms with Crippen LogP contribution in [0, 0.1) is 6.92 Å². The molecular weight excluding hydrogens is 327 g/mol. The second kappa shape index (κ2) is 7.67. The van der Waals surface area contributed by atoms with E-state index in [0.717, 1.165) is 49.9 Å². The first-order chi connectivity index (χ1) is 11.1. The molecule has 0 N–H and O–H groups in total. The molecule has 1 saturated heterocycles. The quantitative estimate of drug-likeness (QED) is 0.795. The van der Waals surface area contributed by atoms with Gasteiger partial charge in [-0.2, -0.15) is 0 Å². The molecule has 0 spiro atoms. The van der Waals surface area contributed by atoms with Crippen LogP contribution in [0.5, 0.6) is 0 Å². The predicted octanol–water partition coefficient (Wildman–Crippen LogP) is 4.62. The molecule has 1 aliphatic heterocycles. The highest BCUT2D eigenvalue weighted by Crippen LogP contribution is 2.23. The number of piperazine rings is 1. The van der Waals surface area contributed by atoms with Crippen molar-refractivity contribution >= 4 is 23.2 Å². The first-order valence-electron chi connectivity index (χ1n) is 8.04. The minimum absolute atomic E-state index is 0.696. The van der Waals surface area contributed by atoms with Crippen molar-refractivity contribution in [2.75, 3.05) is 26.2 Å². The van der Waals surface area contributed by atoms with Crippen molar-refractivity contribution in [3.05, 3.63) is 69.2 Å². The largest absolute Gasteiger partial charge is 0.297 e. The number of halogens is 2. The summed E-state index contributed by atoms with van der Waals surface area (Å²) in [7, 11) is 0. The Labute approximate surface area is 148 Å². The van der Waals surface area contributed by atoms with Crippen molar-refractivity contribution in [1.82, 2.24) is 9.80 Å². The van der Waals surface area contributed by atoms with E-state index in [1.54, 1.807) is 0 Å². The van der Waals surface area contributed by atoms with E-state index < -0.39 is 0 Å². The SMILES string of the molecule is Cc1cccc(CN2CCN(Cc3ccc(Cl)cc3Cl)CC2)c1. The molecule has 1 fully saturated rings. The molecule has 23 heavy (non-hydrogen) atoms. The maximum Gasteiger partial charge on any atom is 0.0465 e. The van der Waals surface area contributed by atoms with Crippen LogP contribution in [0.2, 0.25) is 10.0 Å². The van der Waals surface area contributed by atoms with E-state index in [1.165, 1.54) is 11.1 Å². The molecule has 2 aromatic carbocycles. The zero-order valence-corrected chi connectivity index (χ0v) is 14.9. The van der Waals surface area contributed by atoms with Crippen LogP contribution in [-0.2, 0) is 13.1 Å². The summed E-state index contributed by atoms with van der Waals surface area (Å²) in [6.45, 7) is 8.43. The minimum Gasteiger partial charge on any atom is -0.297 e. The van der Waals surface area contributed by atoms with Gasteiger partial charge in [0.05, 0.1) is 0 Å². The average molecular weight is 349 g/mol. The fraction of sp³-hybridized carbons (Fsp3) is 0.368. The van der Waals surface area contributed by atoms with Gasteiger partial charge in [0.2, 0.25) is 0 Å². The van der Waals surface area contributed by atoms with Crippen LogP contribution >= 0.6 is 23.2 Å². The molecule has 2 aromatic rings. The number of aryl methyl sites for hydroxylation is 1. The molecule has 0 unspecified atom stereocenters. The van der Waals surface area contributed by atoms with Crippen LogP contribution in [0.1, 0.15) is 16.7 Å². The maximum absolute atomic E-state index is 6.28. The standard InChI is InChI=1S/C19H22Cl2N2/c1-15-3-2-4-16(11-15)13-22-7-9-23(10-8-22)14-17-5-6-18(20)12-19(17)21/h2-6,11-12H,7-10,13-14H2,1H3. The topological polar surface area (TPSA) is 6.48 Å². The van der Waals surface area contributed by atoms with Gasteiger partial charge >= 0.3 is 0 Å². The van der Waals surface area contributed by atoms with Gasteiger partial charge in [0.25, 0.3) is 0 Å². The lowest BCUT2D eigenvalue weighted by atomic mass is 10.1. The van der Waals surface area contributed by atoms with Gasteiger partial charge < -0.3 is 0 Å². The van der Waals surface area contributed by atoms with E-state index in [-0.39, 0.29) is 0 Å². The summed E-state index contributed by atoms with van der Waals surface area (Å²) < 4.78 is 0. The summed E-state index contributed by atoms with van der Waals surface area (Å²) in [5, 5.41) is 1.46. The smallest absolute Gasteiger partial charge is 0.0465 e. The van der Waals surface area contributed by atoms with Gasteiger partial charge in [-0.1, -0.05) is 59.1 Å². The number of hydrogen-bond acceptors (Lipinski definition) is 2. The van der Waals surface area contributed by atoms with Gasteiger partial charge in [0.1, 0.15) is 0 Å². The van der Waals surface area contributed by atoms with Gasteiger partial charge in [-0.25, -0.2) is 0 Å². The second-order valence-electron chi connectivity index (χ2n) is 6.28. The third kappa shape index (κ3) is 4.71. The van der Waals surface area contributed by atoms with Gasteiger partial charge in [-0.05, 0) is 30.2 Å². The van der Waals surface area contributed by atoms with Gasteiger partial charge in [-0.15, -0.1) is 0 Å². The number of rotatable bonds is 4. The van der Waals surface area contributed by atoms with Gasteiger partial charge in [0, 0.05) is 49.3 Å². The fourth-order valence-electron chi connectivity index (χ4n) is 3.07. The molecule has 0 aromatic heterocycles. The Bertz CT molecular complexity index is 664. The molecule has 0 amide bonds. The third-order valence-corrected chi connectivity index (χ3v) is 4.95. The molecular formula is C19H22Cl2N2. The Morgan fingerprint density at radius 2 is 1.57 bits per heavy atom. The molecule has 2 nitrogen and oxygen atoms in total. The van der Waals surface area contributed by atoms with Crippen LogP contribution in [-0.4, -0.2) is 36.0 Å². The van der Waals surface area contributed by atoms with E-state index in [1.807, 2.05) is 18.2 Å². The highest BCUT2D eigenvalue weighted by Gasteiger charge is 2.18. The van der Waals surface area contributed by atoms with Crippen molar-refractivity contribution < 1.29 is 0 Å². The zero-order chi connectivity index (χ0) is 16.2. The third-order valence-electron chi connectivity index (χ3n) is 4.36. The molecule has 0 bridgehead atoms. The Kier molecular flexibility index (Phi) is 5.60. The molecule has 0 radical (unpaired) electrons. The van der Waals surface area contributed by atoms with E-state index in [0.29, 0.717) is 5.02 Å². The first kappa shape index (κ1) is 16.8. The predicted molar refractivity (Wildman–Crippen MR) is 98.2 cm³/mol. The fourth-order valence-corrected chi connectivity index (χ4v) is 3.53. The van der Waals surface area contributed by atoms with Crippen molar-refractivity contribution in [2.24, 2.45) is 0 Å². The van der Waals surface area contributed by atoms with Crippen LogP contribution in [0.25, 0.3) is 0 Å². The summed E-state index contributed by atoms with van der Waals surface area (Å²) in [4.78, 5) is 4.98. The Morgan fingerprint density at radius 3 is 2.22 bits per heavy atom. The second-order valence-corrected chi connectivity index (χ2v) is 7.12. The number of nitrogens with zero attached hydrogens (tertiary/aromatic N) is 2. The summed E-state index contributed by atoms with van der Waals surface area (Å²) >= 11 is 12.2. The van der Waals surface area contributed by atoms with Crippen LogP contribution in [0.15, 0.2) is 42.5 Å². The summed E-state index contributed by atoms with van der Waals surface area (Å²) in [6.07, 6.45) is 0. The summed E-state index contributed by atoms with van der Waals surface area (Å²) in [5.41, 5.74) is 3.89. The Morgan fingerprint density at radius 1 is 0.870 bits per heavy atom. The average Bonchev–Trinajstić information content (AvgIpc) is 2.52. The van der Waals surface area contributed by atoms with Gasteiger partial charge in [0.15, 0.2) is 0 Å². The van der Waals surface area contributed by atoms with E-state index >= 15 is 0 Å². The number of hydrogen-bond donors (Lipinski definition) is 0. The monoisotopic (exact) mass is 348 g/mol. The van der Waals surface area contributed by atoms with E-state index in [9.17, 15) is 0 Å². The molecule has 1 aliphatic rings. The van der Waals surface area contributed by atoms with Crippen LogP contribution in [0.4, 0.5) is 0 Å². The van der Waals surface area contributed by atoms with Crippen LogP contribution < -0.4 is 0 Å². The molecule has 1 heterocycles. The lowest BCUT2D eigenvalue weighted by molar-refractivity contribution is 0.122. The molecule has 0 aliphatic carbocycles. The van der Waals surface area contributed by atoms with E-state index in [4.69, 9.17) is 23.2 Å². The lowest BCUT2D eigenvalue weighted by Gasteiger charge is -2.35. The van der Waals surface area contributed by atoms with E-state index in [2.05, 4.69) is 41.0 Å². The van der Waals surface area contributed by atoms with Crippen molar-refractivity contribution in [1.29, 1.82) is 0 Å². The molecule has 122 valence electrons. The highest BCUT2D eigenvalue weighted by atomic mass is 35.5. The van der Waals surface area contributed by atoms with Gasteiger partial charge in [-0.3, -0.25) is 9.80 Å². The molecule has 4 heteroatoms. The molecule has 0 atom stereocenters. The molecule has 3 rings (SSSR count). The maximum atomic E-state index is 6.28. The van der Waals surface area contributed by atoms with Crippen LogP contribution in [0.3, 0.4) is 0 Å². The van der Waals surface area contributed by atoms with Crippen molar-refractivity contribution in [3.63, 3.8) is 0 Å².